The smallest absolute Gasteiger partial charge is 0.128 e. The molecule has 16 heavy (non-hydrogen) atoms. The number of benzene rings is 1. The van der Waals surface area contributed by atoms with Crippen LogP contribution in [-0.2, 0) is 0 Å². The molecule has 1 aromatic carbocycles. The highest BCUT2D eigenvalue weighted by Gasteiger charge is 2.20. The van der Waals surface area contributed by atoms with Crippen LogP contribution < -0.4 is 5.32 Å². The fraction of sp³-hybridized carbons (Fsp3) is 0.500. The van der Waals surface area contributed by atoms with Crippen LogP contribution in [0.1, 0.15) is 18.5 Å². The molecule has 0 saturated carbocycles. The largest absolute Gasteiger partial charge is 0.314 e. The van der Waals surface area contributed by atoms with Gasteiger partial charge in [-0.2, -0.15) is 0 Å². The molecule has 1 aliphatic rings. The van der Waals surface area contributed by atoms with Crippen molar-refractivity contribution in [3.63, 3.8) is 0 Å². The van der Waals surface area contributed by atoms with Gasteiger partial charge in [-0.05, 0) is 47.7 Å². The molecule has 0 aromatic heterocycles. The summed E-state index contributed by atoms with van der Waals surface area (Å²) < 4.78 is 14.8. The van der Waals surface area contributed by atoms with Gasteiger partial charge >= 0.3 is 0 Å². The third-order valence-electron chi connectivity index (χ3n) is 3.11. The van der Waals surface area contributed by atoms with Gasteiger partial charge in [-0.3, -0.25) is 4.90 Å². The first-order chi connectivity index (χ1) is 7.68. The first kappa shape index (κ1) is 12.3. The molecule has 1 saturated heterocycles. The minimum absolute atomic E-state index is 0.0913. The number of hydrogen-bond donors (Lipinski definition) is 1. The van der Waals surface area contributed by atoms with E-state index in [1.54, 1.807) is 6.07 Å². The standard InChI is InChI=1S/C12H16FIN2/c1-9(16-6-4-15-5-7-16)11-8-10(14)2-3-12(11)13/h2-3,8-9,15H,4-7H2,1H3/t9-/m0/s1. The van der Waals surface area contributed by atoms with E-state index in [0.29, 0.717) is 0 Å². The van der Waals surface area contributed by atoms with Gasteiger partial charge in [0.15, 0.2) is 0 Å². The van der Waals surface area contributed by atoms with Crippen molar-refractivity contribution < 1.29 is 4.39 Å². The highest BCUT2D eigenvalue weighted by atomic mass is 127. The summed E-state index contributed by atoms with van der Waals surface area (Å²) in [5.41, 5.74) is 0.814. The zero-order valence-corrected chi connectivity index (χ0v) is 11.5. The molecular formula is C12H16FIN2. The summed E-state index contributed by atoms with van der Waals surface area (Å²) in [5, 5.41) is 3.31. The van der Waals surface area contributed by atoms with Crippen LogP contribution in [0.15, 0.2) is 18.2 Å². The van der Waals surface area contributed by atoms with Gasteiger partial charge < -0.3 is 5.32 Å². The summed E-state index contributed by atoms with van der Waals surface area (Å²) in [6, 6.07) is 5.49. The van der Waals surface area contributed by atoms with Crippen molar-refractivity contribution in [2.45, 2.75) is 13.0 Å². The molecule has 0 bridgehead atoms. The molecule has 1 aliphatic heterocycles. The van der Waals surface area contributed by atoms with Crippen molar-refractivity contribution in [3.8, 4) is 0 Å². The Kier molecular flexibility index (Phi) is 4.16. The summed E-state index contributed by atoms with van der Waals surface area (Å²) in [7, 11) is 0. The fourth-order valence-electron chi connectivity index (χ4n) is 2.10. The molecule has 0 amide bonds. The topological polar surface area (TPSA) is 15.3 Å². The Balaban J connectivity index is 2.18. The van der Waals surface area contributed by atoms with Gasteiger partial charge in [-0.15, -0.1) is 0 Å². The lowest BCUT2D eigenvalue weighted by atomic mass is 10.1. The van der Waals surface area contributed by atoms with E-state index in [4.69, 9.17) is 0 Å². The van der Waals surface area contributed by atoms with Crippen LogP contribution in [0.5, 0.6) is 0 Å². The maximum absolute atomic E-state index is 13.7. The minimum atomic E-state index is -0.0913. The maximum Gasteiger partial charge on any atom is 0.128 e. The highest BCUT2D eigenvalue weighted by molar-refractivity contribution is 14.1. The lowest BCUT2D eigenvalue weighted by molar-refractivity contribution is 0.182. The molecule has 1 heterocycles. The third kappa shape index (κ3) is 2.73. The molecule has 0 unspecified atom stereocenters. The van der Waals surface area contributed by atoms with Crippen LogP contribution in [0.3, 0.4) is 0 Å². The number of nitrogens with one attached hydrogen (secondary N) is 1. The first-order valence-electron chi connectivity index (χ1n) is 5.58. The van der Waals surface area contributed by atoms with Crippen LogP contribution in [0.2, 0.25) is 0 Å². The van der Waals surface area contributed by atoms with Gasteiger partial charge in [0.25, 0.3) is 0 Å². The molecule has 88 valence electrons. The summed E-state index contributed by atoms with van der Waals surface area (Å²) >= 11 is 2.23. The van der Waals surface area contributed by atoms with Crippen molar-refractivity contribution >= 4 is 22.6 Å². The Morgan fingerprint density at radius 3 is 2.75 bits per heavy atom. The number of rotatable bonds is 2. The average Bonchev–Trinajstić information content (AvgIpc) is 2.32. The van der Waals surface area contributed by atoms with Gasteiger partial charge in [-0.25, -0.2) is 4.39 Å². The zero-order chi connectivity index (χ0) is 11.5. The van der Waals surface area contributed by atoms with E-state index in [-0.39, 0.29) is 11.9 Å². The van der Waals surface area contributed by atoms with E-state index in [1.807, 2.05) is 12.1 Å². The van der Waals surface area contributed by atoms with Crippen LogP contribution in [0.4, 0.5) is 4.39 Å². The monoisotopic (exact) mass is 334 g/mol. The van der Waals surface area contributed by atoms with Gasteiger partial charge in [0.1, 0.15) is 5.82 Å². The summed E-state index contributed by atoms with van der Waals surface area (Å²) in [6.45, 7) is 6.06. The lowest BCUT2D eigenvalue weighted by Crippen LogP contribution is -2.44. The summed E-state index contributed by atoms with van der Waals surface area (Å²) in [6.07, 6.45) is 0. The normalized spacial score (nSPS) is 19.7. The second-order valence-corrected chi connectivity index (χ2v) is 5.37. The molecule has 1 aromatic rings. The maximum atomic E-state index is 13.7. The second kappa shape index (κ2) is 5.42. The summed E-state index contributed by atoms with van der Waals surface area (Å²) in [4.78, 5) is 2.32. The number of hydrogen-bond acceptors (Lipinski definition) is 2. The predicted octanol–water partition coefficient (Wildman–Crippen LogP) is 2.40. The Labute approximate surface area is 109 Å². The van der Waals surface area contributed by atoms with E-state index in [2.05, 4.69) is 39.7 Å². The molecule has 0 radical (unpaired) electrons. The first-order valence-corrected chi connectivity index (χ1v) is 6.66. The number of nitrogens with zero attached hydrogens (tertiary/aromatic N) is 1. The summed E-state index contributed by atoms with van der Waals surface area (Å²) in [5.74, 6) is -0.0913. The van der Waals surface area contributed by atoms with Crippen LogP contribution in [-0.4, -0.2) is 31.1 Å². The number of halogens is 2. The Morgan fingerprint density at radius 1 is 1.38 bits per heavy atom. The van der Waals surface area contributed by atoms with E-state index >= 15 is 0 Å². The minimum Gasteiger partial charge on any atom is -0.314 e. The van der Waals surface area contributed by atoms with Crippen molar-refractivity contribution in [2.24, 2.45) is 0 Å². The molecule has 1 N–H and O–H groups in total. The fourth-order valence-corrected chi connectivity index (χ4v) is 2.62. The predicted molar refractivity (Wildman–Crippen MR) is 72.0 cm³/mol. The van der Waals surface area contributed by atoms with Gasteiger partial charge in [0.2, 0.25) is 0 Å². The molecule has 2 rings (SSSR count). The van der Waals surface area contributed by atoms with Gasteiger partial charge in [0, 0.05) is 41.4 Å². The zero-order valence-electron chi connectivity index (χ0n) is 9.34. The SMILES string of the molecule is C[C@@H](c1cc(I)ccc1F)N1CCNCC1. The molecular weight excluding hydrogens is 318 g/mol. The highest BCUT2D eigenvalue weighted by Crippen LogP contribution is 2.24. The quantitative estimate of drug-likeness (QED) is 0.836. The Bertz CT molecular complexity index is 364. The van der Waals surface area contributed by atoms with Gasteiger partial charge in [-0.1, -0.05) is 0 Å². The van der Waals surface area contributed by atoms with E-state index in [1.165, 1.54) is 0 Å². The van der Waals surface area contributed by atoms with Crippen LogP contribution in [0.25, 0.3) is 0 Å². The van der Waals surface area contributed by atoms with Crippen molar-refractivity contribution in [1.82, 2.24) is 10.2 Å². The third-order valence-corrected chi connectivity index (χ3v) is 3.78. The molecule has 1 atom stereocenters. The molecule has 0 aliphatic carbocycles. The average molecular weight is 334 g/mol. The van der Waals surface area contributed by atoms with Gasteiger partial charge in [0.05, 0.1) is 0 Å². The molecule has 2 nitrogen and oxygen atoms in total. The Morgan fingerprint density at radius 2 is 2.06 bits per heavy atom. The van der Waals surface area contributed by atoms with E-state index in [0.717, 1.165) is 35.3 Å². The number of piperazine rings is 1. The van der Waals surface area contributed by atoms with E-state index < -0.39 is 0 Å². The molecule has 4 heteroatoms. The van der Waals surface area contributed by atoms with E-state index in [9.17, 15) is 4.39 Å². The van der Waals surface area contributed by atoms with Crippen LogP contribution >= 0.6 is 22.6 Å². The van der Waals surface area contributed by atoms with Crippen molar-refractivity contribution in [1.29, 1.82) is 0 Å². The second-order valence-electron chi connectivity index (χ2n) is 4.13. The molecule has 1 fully saturated rings. The molecule has 0 spiro atoms. The van der Waals surface area contributed by atoms with Crippen molar-refractivity contribution in [2.75, 3.05) is 26.2 Å². The lowest BCUT2D eigenvalue weighted by Gasteiger charge is -2.33. The Hall–Kier alpha value is -0.200. The van der Waals surface area contributed by atoms with Crippen molar-refractivity contribution in [3.05, 3.63) is 33.1 Å². The van der Waals surface area contributed by atoms with Crippen LogP contribution in [0, 0.1) is 9.39 Å².